The molecule has 0 atom stereocenters. The molecular formula is C38H28N4PtS. The molecule has 216 valence electrons. The molecule has 0 saturated carbocycles. The predicted molar refractivity (Wildman–Crippen MR) is 179 cm³/mol. The summed E-state index contributed by atoms with van der Waals surface area (Å²) in [6.45, 7) is 4.42. The minimum absolute atomic E-state index is 0. The van der Waals surface area contributed by atoms with Crippen molar-refractivity contribution in [2.75, 3.05) is 0 Å². The predicted octanol–water partition coefficient (Wildman–Crippen LogP) is 11.0. The molecule has 3 heterocycles. The van der Waals surface area contributed by atoms with E-state index in [9.17, 15) is 0 Å². The van der Waals surface area contributed by atoms with Crippen LogP contribution in [0.3, 0.4) is 0 Å². The van der Waals surface area contributed by atoms with Crippen LogP contribution in [0.5, 0.6) is 0 Å². The quantitative estimate of drug-likeness (QED) is 0.152. The van der Waals surface area contributed by atoms with Gasteiger partial charge in [-0.05, 0) is 63.9 Å². The number of nitrogens with zero attached hydrogens (tertiary/aromatic N) is 4. The van der Waals surface area contributed by atoms with Gasteiger partial charge in [-0.25, -0.2) is 4.98 Å². The molecule has 44 heavy (non-hydrogen) atoms. The van der Waals surface area contributed by atoms with Crippen LogP contribution in [0.2, 0.25) is 0 Å². The van der Waals surface area contributed by atoms with Crippen LogP contribution in [0.15, 0.2) is 128 Å². The Bertz CT molecular complexity index is 2040. The average Bonchev–Trinajstić information content (AvgIpc) is 3.50. The summed E-state index contributed by atoms with van der Waals surface area (Å²) in [5.74, 6) is 0.992. The number of thiazole rings is 1. The van der Waals surface area contributed by atoms with Gasteiger partial charge in [0.05, 0.1) is 5.69 Å². The number of aromatic nitrogens is 3. The Labute approximate surface area is 276 Å². The van der Waals surface area contributed by atoms with Crippen LogP contribution >= 0.6 is 11.3 Å². The van der Waals surface area contributed by atoms with E-state index in [1.807, 2.05) is 60.8 Å². The smallest absolute Gasteiger partial charge is 0.442 e. The van der Waals surface area contributed by atoms with Gasteiger partial charge >= 0.3 is 21.1 Å². The van der Waals surface area contributed by atoms with E-state index < -0.39 is 0 Å². The molecule has 0 spiro atoms. The molecule has 0 bridgehead atoms. The van der Waals surface area contributed by atoms with Gasteiger partial charge in [0.25, 0.3) is 0 Å². The van der Waals surface area contributed by atoms with E-state index in [2.05, 4.69) is 80.6 Å². The molecule has 0 aliphatic carbocycles. The van der Waals surface area contributed by atoms with E-state index in [0.717, 1.165) is 60.0 Å². The van der Waals surface area contributed by atoms with E-state index in [1.165, 1.54) is 5.56 Å². The first-order chi connectivity index (χ1) is 21.1. The van der Waals surface area contributed by atoms with Crippen LogP contribution in [-0.2, 0) is 21.1 Å². The third-order valence-corrected chi connectivity index (χ3v) is 8.55. The van der Waals surface area contributed by atoms with Gasteiger partial charge in [-0.1, -0.05) is 92.3 Å². The van der Waals surface area contributed by atoms with Crippen molar-refractivity contribution < 1.29 is 21.1 Å². The summed E-state index contributed by atoms with van der Waals surface area (Å²) < 4.78 is 1.13. The average molecular weight is 768 g/mol. The van der Waals surface area contributed by atoms with Crippen molar-refractivity contribution in [2.45, 2.75) is 19.8 Å². The van der Waals surface area contributed by atoms with Gasteiger partial charge in [0.2, 0.25) is 0 Å². The molecule has 0 N–H and O–H groups in total. The molecule has 0 unspecified atom stereocenters. The first-order valence-electron chi connectivity index (χ1n) is 14.3. The topological polar surface area (TPSA) is 52.8 Å². The first kappa shape index (κ1) is 29.6. The van der Waals surface area contributed by atoms with Gasteiger partial charge in [0, 0.05) is 22.0 Å². The summed E-state index contributed by atoms with van der Waals surface area (Å²) in [5.41, 5.74) is 10.1. The van der Waals surface area contributed by atoms with Crippen LogP contribution in [0.4, 0.5) is 11.5 Å². The van der Waals surface area contributed by atoms with Gasteiger partial charge in [-0.15, -0.1) is 47.2 Å². The molecule has 7 aromatic rings. The van der Waals surface area contributed by atoms with Crippen LogP contribution in [-0.4, -0.2) is 15.0 Å². The van der Waals surface area contributed by atoms with Crippen LogP contribution < -0.4 is 0 Å². The summed E-state index contributed by atoms with van der Waals surface area (Å²) in [7, 11) is 0. The third-order valence-electron chi connectivity index (χ3n) is 7.49. The minimum Gasteiger partial charge on any atom is -0.442 e. The molecule has 7 rings (SSSR count). The van der Waals surface area contributed by atoms with Gasteiger partial charge in [-0.3, -0.25) is 4.98 Å². The molecule has 6 heteroatoms. The molecule has 4 nitrogen and oxygen atoms in total. The largest absolute Gasteiger partial charge is 2.00 e. The fourth-order valence-electron chi connectivity index (χ4n) is 5.21. The first-order valence-corrected chi connectivity index (χ1v) is 15.2. The standard InChI is InChI=1S/C38H28N4S.Pt/c1-25(2)28-18-19-33(32(23-28)38-42-36-30(15-9-17-35(36)43-38)27-13-7-4-8-14-27)41-37-31(16-10-21-40-37)34-24-29(20-22-39-34)26-11-5-3-6-12-26;/h3-13,15-25H,1-2H3;/q-2;+2. The zero-order chi connectivity index (χ0) is 29.2. The van der Waals surface area contributed by atoms with Gasteiger partial charge < -0.3 is 10.3 Å². The van der Waals surface area contributed by atoms with Crippen molar-refractivity contribution in [1.29, 1.82) is 0 Å². The molecular weight excluding hydrogens is 740 g/mol. The van der Waals surface area contributed by atoms with Gasteiger partial charge in [0.15, 0.2) is 0 Å². The van der Waals surface area contributed by atoms with E-state index in [4.69, 9.17) is 20.3 Å². The number of rotatable bonds is 7. The van der Waals surface area contributed by atoms with Crippen molar-refractivity contribution in [1.82, 2.24) is 15.0 Å². The third kappa shape index (κ3) is 5.99. The maximum atomic E-state index is 5.19. The summed E-state index contributed by atoms with van der Waals surface area (Å²) >= 11 is 1.69. The Kier molecular flexibility index (Phi) is 8.79. The molecule has 0 saturated heterocycles. The molecule has 0 aliphatic heterocycles. The van der Waals surface area contributed by atoms with Crippen molar-refractivity contribution in [3.8, 4) is 44.1 Å². The number of hydrogen-bond donors (Lipinski definition) is 0. The fraction of sp³-hybridized carbons (Fsp3) is 0.0789. The Morgan fingerprint density at radius 2 is 1.55 bits per heavy atom. The Balaban J connectivity index is 0.00000343. The molecule has 0 aliphatic rings. The van der Waals surface area contributed by atoms with Crippen molar-refractivity contribution in [3.05, 3.63) is 145 Å². The molecule has 0 fully saturated rings. The number of fused-ring (bicyclic) bond motifs is 1. The second-order valence-electron chi connectivity index (χ2n) is 10.7. The van der Waals surface area contributed by atoms with Gasteiger partial charge in [-0.2, -0.15) is 0 Å². The number of hydrogen-bond acceptors (Lipinski definition) is 4. The number of para-hydroxylation sites is 1. The van der Waals surface area contributed by atoms with Crippen LogP contribution in [0.25, 0.3) is 59.6 Å². The Morgan fingerprint density at radius 3 is 2.36 bits per heavy atom. The monoisotopic (exact) mass is 767 g/mol. The fourth-order valence-corrected chi connectivity index (χ4v) is 6.23. The summed E-state index contributed by atoms with van der Waals surface area (Å²) in [5, 5.41) is 6.09. The maximum Gasteiger partial charge on any atom is 2.00 e. The Morgan fingerprint density at radius 1 is 0.705 bits per heavy atom. The van der Waals surface area contributed by atoms with Crippen molar-refractivity contribution in [3.63, 3.8) is 0 Å². The van der Waals surface area contributed by atoms with Gasteiger partial charge in [0.1, 0.15) is 5.01 Å². The maximum absolute atomic E-state index is 5.19. The molecule has 0 amide bonds. The molecule has 3 aromatic heterocycles. The SMILES string of the molecule is CC(C)c1ccc([N-]c2ncccc2-c2cc(-c3ccccc3)ccn2)c(-c2nc3c(-c4[c-]cccc4)cccc3s2)c1.[Pt+2]. The number of benzene rings is 4. The van der Waals surface area contributed by atoms with Crippen molar-refractivity contribution in [2.24, 2.45) is 0 Å². The van der Waals surface area contributed by atoms with Crippen molar-refractivity contribution >= 4 is 33.1 Å². The summed E-state index contributed by atoms with van der Waals surface area (Å²) in [6, 6.07) is 42.7. The van der Waals surface area contributed by atoms with E-state index in [1.54, 1.807) is 17.5 Å². The normalized spacial score (nSPS) is 11.0. The summed E-state index contributed by atoms with van der Waals surface area (Å²) in [6.07, 6.45) is 3.63. The summed E-state index contributed by atoms with van der Waals surface area (Å²) in [4.78, 5) is 14.6. The zero-order valence-electron chi connectivity index (χ0n) is 24.2. The number of pyridine rings is 2. The van der Waals surface area contributed by atoms with E-state index >= 15 is 0 Å². The van der Waals surface area contributed by atoms with Crippen LogP contribution in [0, 0.1) is 6.07 Å². The molecule has 0 radical (unpaired) electrons. The second kappa shape index (κ2) is 13.1. The van der Waals surface area contributed by atoms with E-state index in [-0.39, 0.29) is 21.1 Å². The zero-order valence-corrected chi connectivity index (χ0v) is 27.3. The molecule has 4 aromatic carbocycles. The Hall–Kier alpha value is -4.44. The minimum atomic E-state index is 0. The van der Waals surface area contributed by atoms with E-state index in [0.29, 0.717) is 11.7 Å². The van der Waals surface area contributed by atoms with Crippen LogP contribution in [0.1, 0.15) is 25.3 Å². The second-order valence-corrected chi connectivity index (χ2v) is 11.7.